The second kappa shape index (κ2) is 9.57. The van der Waals surface area contributed by atoms with Crippen molar-refractivity contribution in [3.63, 3.8) is 0 Å². The van der Waals surface area contributed by atoms with Crippen LogP contribution in [-0.4, -0.2) is 11.1 Å². The smallest absolute Gasteiger partial charge is 0.101 e. The van der Waals surface area contributed by atoms with Crippen LogP contribution < -0.4 is 16.5 Å². The number of aromatic amines is 1. The van der Waals surface area contributed by atoms with Crippen molar-refractivity contribution in [3.8, 4) is 0 Å². The summed E-state index contributed by atoms with van der Waals surface area (Å²) in [7, 11) is 0. The first-order chi connectivity index (χ1) is 6.86. The molecule has 0 saturated carbocycles. The van der Waals surface area contributed by atoms with Gasteiger partial charge < -0.3 is 21.5 Å². The van der Waals surface area contributed by atoms with E-state index in [4.69, 9.17) is 5.53 Å². The zero-order valence-corrected chi connectivity index (χ0v) is 7.70. The van der Waals surface area contributed by atoms with Crippen LogP contribution in [0.25, 0.3) is 0 Å². The van der Waals surface area contributed by atoms with Gasteiger partial charge in [-0.2, -0.15) is 5.53 Å². The summed E-state index contributed by atoms with van der Waals surface area (Å²) in [5.74, 6) is 4.14. The molecule has 0 amide bonds. The third-order valence-corrected chi connectivity index (χ3v) is 1.76. The predicted molar refractivity (Wildman–Crippen MR) is 66.5 cm³/mol. The summed E-state index contributed by atoms with van der Waals surface area (Å²) in [6.07, 6.45) is 7.13. The number of nitrogens with zero attached hydrogens (tertiary/aromatic N) is 1. The summed E-state index contributed by atoms with van der Waals surface area (Å²) in [4.78, 5) is 3.16. The third kappa shape index (κ3) is 5.69. The molecule has 1 aliphatic heterocycles. The van der Waals surface area contributed by atoms with E-state index in [0.29, 0.717) is 6.17 Å². The van der Waals surface area contributed by atoms with Gasteiger partial charge in [-0.25, -0.2) is 0 Å². The number of aromatic nitrogens is 1. The van der Waals surface area contributed by atoms with Gasteiger partial charge in [0, 0.05) is 30.7 Å². The molecule has 1 aliphatic rings. The number of nitrogens with two attached hydrogens (primary N) is 1. The Morgan fingerprint density at radius 1 is 1.31 bits per heavy atom. The van der Waals surface area contributed by atoms with Crippen molar-refractivity contribution in [2.45, 2.75) is 27.4 Å². The Morgan fingerprint density at radius 3 is 2.31 bits per heavy atom. The highest BCUT2D eigenvalue weighted by Crippen LogP contribution is 2.00. The summed E-state index contributed by atoms with van der Waals surface area (Å²) >= 11 is 0. The number of rotatable bonds is 2. The zero-order valence-electron chi connectivity index (χ0n) is 7.70. The summed E-state index contributed by atoms with van der Waals surface area (Å²) in [5.41, 5.74) is 6.86. The Balaban J connectivity index is 0. The lowest BCUT2D eigenvalue weighted by atomic mass is 10.2. The van der Waals surface area contributed by atoms with Crippen LogP contribution in [0.1, 0.15) is 20.5 Å². The van der Waals surface area contributed by atoms with Crippen LogP contribution in [0.4, 0.5) is 0 Å². The quantitative estimate of drug-likeness (QED) is 0.301. The van der Waals surface area contributed by atoms with Crippen LogP contribution in [0, 0.1) is 5.53 Å². The first-order valence-corrected chi connectivity index (χ1v) is 4.23. The number of H-pyrrole nitrogens is 1. The Bertz CT molecular complexity index is 272. The van der Waals surface area contributed by atoms with Gasteiger partial charge in [-0.1, -0.05) is 20.1 Å². The minimum atomic E-state index is 0. The maximum atomic E-state index is 5.61. The molecule has 2 heterocycles. The fraction of sp³-hybridized carbons (Fsp3) is 0.400. The van der Waals surface area contributed by atoms with E-state index in [1.807, 2.05) is 24.7 Å². The number of hydrogen-bond donors (Lipinski definition) is 5. The average Bonchev–Trinajstić information content (AvgIpc) is 2.79. The van der Waals surface area contributed by atoms with Gasteiger partial charge in [0.2, 0.25) is 0 Å². The van der Waals surface area contributed by atoms with Gasteiger partial charge in [0.1, 0.15) is 6.17 Å². The second-order valence-electron chi connectivity index (χ2n) is 2.75. The maximum Gasteiger partial charge on any atom is 0.101 e. The molecule has 0 radical (unpaired) electrons. The Morgan fingerprint density at radius 2 is 1.88 bits per heavy atom. The summed E-state index contributed by atoms with van der Waals surface area (Å²) in [6, 6.07) is 4.10. The van der Waals surface area contributed by atoms with Gasteiger partial charge in [-0.05, 0) is 12.1 Å². The maximum absolute atomic E-state index is 5.61. The normalized spacial score (nSPS) is 12.0. The van der Waals surface area contributed by atoms with Crippen molar-refractivity contribution < 1.29 is 0 Å². The lowest BCUT2D eigenvalue weighted by Gasteiger charge is -2.09. The van der Waals surface area contributed by atoms with Gasteiger partial charge in [-0.3, -0.25) is 0 Å². The Labute approximate surface area is 96.8 Å². The molecular formula is C10H22N6. The summed E-state index contributed by atoms with van der Waals surface area (Å²) in [6.45, 7) is 0. The van der Waals surface area contributed by atoms with Crippen LogP contribution in [0.2, 0.25) is 0 Å². The minimum Gasteiger partial charge on any atom is -0.370 e. The first kappa shape index (κ1) is 16.4. The molecule has 6 nitrogen and oxygen atoms in total. The lowest BCUT2D eigenvalue weighted by Crippen LogP contribution is -2.32. The van der Waals surface area contributed by atoms with E-state index in [1.165, 1.54) is 5.69 Å². The molecule has 1 aromatic heterocycles. The fourth-order valence-corrected chi connectivity index (χ4v) is 1.21. The van der Waals surface area contributed by atoms with E-state index in [2.05, 4.69) is 32.7 Å². The highest BCUT2D eigenvalue weighted by Gasteiger charge is 2.08. The van der Waals surface area contributed by atoms with Gasteiger partial charge >= 0.3 is 0 Å². The van der Waals surface area contributed by atoms with Crippen molar-refractivity contribution in [2.24, 2.45) is 11.1 Å². The highest BCUT2D eigenvalue weighted by molar-refractivity contribution is 5.07. The summed E-state index contributed by atoms with van der Waals surface area (Å²) < 4.78 is 0. The molecule has 92 valence electrons. The highest BCUT2D eigenvalue weighted by atomic mass is 15.2. The molecule has 0 saturated heterocycles. The van der Waals surface area contributed by atoms with Gasteiger partial charge in [0.25, 0.3) is 0 Å². The molecule has 6 N–H and O–H groups in total. The fourth-order valence-electron chi connectivity index (χ4n) is 1.21. The van der Waals surface area contributed by atoms with E-state index in [9.17, 15) is 0 Å². The lowest BCUT2D eigenvalue weighted by molar-refractivity contribution is 0.562. The molecule has 0 bridgehead atoms. The second-order valence-corrected chi connectivity index (χ2v) is 2.75. The van der Waals surface area contributed by atoms with Crippen molar-refractivity contribution in [1.82, 2.24) is 15.6 Å². The molecule has 6 heteroatoms. The summed E-state index contributed by atoms with van der Waals surface area (Å²) in [5, 5.41) is 8.62. The molecule has 0 fully saturated rings. The van der Waals surface area contributed by atoms with Gasteiger partial charge in [-0.15, -0.1) is 0 Å². The average molecular weight is 226 g/mol. The SMILES string of the molecule is C.C.C1=CNC(Cc2ccc[nH]2)N1.N=NN. The topological polar surface area (TPSA) is 102 Å². The predicted octanol–water partition coefficient (Wildman–Crippen LogP) is 1.71. The third-order valence-electron chi connectivity index (χ3n) is 1.76. The Hall–Kier alpha value is -1.98. The molecule has 0 unspecified atom stereocenters. The molecule has 0 aromatic carbocycles. The van der Waals surface area contributed by atoms with Crippen molar-refractivity contribution in [1.29, 1.82) is 5.53 Å². The Kier molecular flexibility index (Phi) is 9.84. The van der Waals surface area contributed by atoms with Gasteiger partial charge in [0.15, 0.2) is 0 Å². The number of nitrogens with one attached hydrogen (secondary N) is 4. The molecule has 2 rings (SSSR count). The van der Waals surface area contributed by atoms with E-state index in [1.54, 1.807) is 0 Å². The zero-order chi connectivity index (χ0) is 10.2. The molecule has 0 atom stereocenters. The van der Waals surface area contributed by atoms with Crippen LogP contribution in [0.5, 0.6) is 0 Å². The van der Waals surface area contributed by atoms with E-state index < -0.39 is 0 Å². The van der Waals surface area contributed by atoms with Gasteiger partial charge in [0.05, 0.1) is 0 Å². The van der Waals surface area contributed by atoms with Crippen molar-refractivity contribution in [2.75, 3.05) is 0 Å². The molecular weight excluding hydrogens is 204 g/mol. The standard InChI is InChI=1S/C8H11N3.2CH4.H3N3/c1-2-7(9-3-1)6-8-10-4-5-11-8;;;1-3-2/h1-5,8-11H,6H2;2*1H4;(H3,1,2). The molecule has 0 spiro atoms. The van der Waals surface area contributed by atoms with Crippen molar-refractivity contribution >= 4 is 0 Å². The van der Waals surface area contributed by atoms with E-state index >= 15 is 0 Å². The molecule has 0 aliphatic carbocycles. The van der Waals surface area contributed by atoms with E-state index in [0.717, 1.165) is 6.42 Å². The van der Waals surface area contributed by atoms with Crippen LogP contribution in [-0.2, 0) is 6.42 Å². The number of hydrogen-bond acceptors (Lipinski definition) is 4. The van der Waals surface area contributed by atoms with Crippen LogP contribution in [0.15, 0.2) is 36.0 Å². The van der Waals surface area contributed by atoms with Crippen LogP contribution >= 0.6 is 0 Å². The first-order valence-electron chi connectivity index (χ1n) is 4.23. The molecule has 1 aromatic rings. The minimum absolute atomic E-state index is 0. The monoisotopic (exact) mass is 226 g/mol. The molecule has 16 heavy (non-hydrogen) atoms. The largest absolute Gasteiger partial charge is 0.370 e. The van der Waals surface area contributed by atoms with E-state index in [-0.39, 0.29) is 14.9 Å². The van der Waals surface area contributed by atoms with Crippen LogP contribution in [0.3, 0.4) is 0 Å². The van der Waals surface area contributed by atoms with Crippen molar-refractivity contribution in [3.05, 3.63) is 36.4 Å².